The summed E-state index contributed by atoms with van der Waals surface area (Å²) in [5, 5.41) is 11.9. The van der Waals surface area contributed by atoms with Gasteiger partial charge in [-0.05, 0) is 70.2 Å². The molecule has 36 heavy (non-hydrogen) atoms. The van der Waals surface area contributed by atoms with Gasteiger partial charge in [0.25, 0.3) is 5.97 Å². The lowest BCUT2D eigenvalue weighted by molar-refractivity contribution is -0.134. The van der Waals surface area contributed by atoms with E-state index in [1.165, 1.54) is 22.4 Å². The fraction of sp³-hybridized carbons (Fsp3) is 0.419. The number of carboxylic acids is 1. The largest absolute Gasteiger partial charge is 0.481 e. The van der Waals surface area contributed by atoms with Crippen molar-refractivity contribution in [3.63, 3.8) is 0 Å². The lowest BCUT2D eigenvalue weighted by Crippen LogP contribution is -2.35. The van der Waals surface area contributed by atoms with Crippen LogP contribution in [0.1, 0.15) is 59.9 Å². The maximum Gasteiger partial charge on any atom is 0.300 e. The van der Waals surface area contributed by atoms with Crippen molar-refractivity contribution in [2.45, 2.75) is 69.8 Å². The van der Waals surface area contributed by atoms with Crippen molar-refractivity contribution in [1.82, 2.24) is 0 Å². The average Bonchev–Trinajstić information content (AvgIpc) is 2.82. The van der Waals surface area contributed by atoms with Crippen LogP contribution in [-0.4, -0.2) is 41.4 Å². The Labute approximate surface area is 220 Å². The molecule has 2 N–H and O–H groups in total. The lowest BCUT2D eigenvalue weighted by Gasteiger charge is -2.58. The minimum absolute atomic E-state index is 0.288. The molecule has 1 heterocycles. The van der Waals surface area contributed by atoms with Crippen LogP contribution in [0.2, 0.25) is 0 Å². The zero-order valence-corrected chi connectivity index (χ0v) is 24.2. The molecule has 0 saturated heterocycles. The number of aliphatic carboxylic acids is 1. The van der Waals surface area contributed by atoms with Crippen molar-refractivity contribution in [1.29, 1.82) is 0 Å². The topological polar surface area (TPSA) is 61.7 Å². The van der Waals surface area contributed by atoms with E-state index in [1.54, 1.807) is 9.80 Å². The van der Waals surface area contributed by atoms with Crippen molar-refractivity contribution in [2.75, 3.05) is 19.4 Å². The van der Waals surface area contributed by atoms with Gasteiger partial charge in [-0.15, -0.1) is 0 Å². The van der Waals surface area contributed by atoms with Gasteiger partial charge in [0.05, 0.1) is 5.71 Å². The summed E-state index contributed by atoms with van der Waals surface area (Å²) in [5.74, 6) is -0.205. The van der Waals surface area contributed by atoms with Crippen molar-refractivity contribution in [3.8, 4) is 0 Å². The maximum absolute atomic E-state index is 9.00. The Morgan fingerprint density at radius 1 is 1.19 bits per heavy atom. The number of carboxylic acid groups (broad SMARTS) is 1. The molecule has 4 nitrogen and oxygen atoms in total. The molecule has 0 bridgehead atoms. The summed E-state index contributed by atoms with van der Waals surface area (Å²) in [6.07, 6.45) is 13.4. The summed E-state index contributed by atoms with van der Waals surface area (Å²) in [6.45, 7) is 19.1. The number of allylic oxidation sites excluding steroid dienone is 9. The second-order valence-electron chi connectivity index (χ2n) is 9.72. The lowest BCUT2D eigenvalue weighted by atomic mass is 9.75. The van der Waals surface area contributed by atoms with E-state index in [0.29, 0.717) is 16.4 Å². The van der Waals surface area contributed by atoms with Crippen molar-refractivity contribution < 1.29 is 9.90 Å². The number of rotatable bonds is 6. The molecule has 2 aliphatic rings. The molecular weight excluding hydrogens is 464 g/mol. The Kier molecular flexibility index (Phi) is 10.2. The predicted octanol–water partition coefficient (Wildman–Crippen LogP) is 8.12. The third-order valence-corrected chi connectivity index (χ3v) is 12.3. The van der Waals surface area contributed by atoms with E-state index in [1.807, 2.05) is 20.2 Å². The van der Waals surface area contributed by atoms with Crippen molar-refractivity contribution in [2.24, 2.45) is 10.9 Å². The smallest absolute Gasteiger partial charge is 0.300 e. The third kappa shape index (κ3) is 5.46. The third-order valence-electron chi connectivity index (χ3n) is 7.06. The highest BCUT2D eigenvalue weighted by Gasteiger charge is 2.49. The molecule has 2 unspecified atom stereocenters. The van der Waals surface area contributed by atoms with E-state index < -0.39 is 16.0 Å². The molecule has 0 radical (unpaired) electrons. The van der Waals surface area contributed by atoms with Crippen molar-refractivity contribution >= 4 is 27.4 Å². The highest BCUT2D eigenvalue weighted by atomic mass is 32.3. The van der Waals surface area contributed by atoms with Gasteiger partial charge in [-0.1, -0.05) is 64.6 Å². The normalized spacial score (nSPS) is 22.8. The van der Waals surface area contributed by atoms with Gasteiger partial charge in [-0.2, -0.15) is 10.0 Å². The molecule has 0 fully saturated rings. The first kappa shape index (κ1) is 29.4. The Morgan fingerprint density at radius 3 is 2.28 bits per heavy atom. The van der Waals surface area contributed by atoms with Crippen LogP contribution >= 0.6 is 10.0 Å². The van der Waals surface area contributed by atoms with Crippen LogP contribution in [0.15, 0.2) is 87.2 Å². The van der Waals surface area contributed by atoms with Gasteiger partial charge in [0.1, 0.15) is 0 Å². The molecule has 5 heteroatoms. The second-order valence-corrected chi connectivity index (χ2v) is 13.9. The number of hydrogen-bond acceptors (Lipinski definition) is 3. The quantitative estimate of drug-likeness (QED) is 0.381. The van der Waals surface area contributed by atoms with Crippen LogP contribution in [0.5, 0.6) is 0 Å². The molecule has 196 valence electrons. The van der Waals surface area contributed by atoms with E-state index in [9.17, 15) is 0 Å². The fourth-order valence-corrected chi connectivity index (χ4v) is 11.1. The molecule has 3 rings (SSSR count). The summed E-state index contributed by atoms with van der Waals surface area (Å²) in [4.78, 5) is 16.7. The van der Waals surface area contributed by atoms with Gasteiger partial charge in [0.15, 0.2) is 0 Å². The number of aliphatic imine (C=N–C) groups is 1. The molecular formula is C31H44N2O2S. The first-order valence-electron chi connectivity index (χ1n) is 12.7. The van der Waals surface area contributed by atoms with Crippen LogP contribution in [0.3, 0.4) is 0 Å². The number of fused-ring (bicyclic) bond motifs is 2. The summed E-state index contributed by atoms with van der Waals surface area (Å²) in [6, 6.07) is 7.07. The highest BCUT2D eigenvalue weighted by molar-refractivity contribution is 8.37. The average molecular weight is 509 g/mol. The second kappa shape index (κ2) is 12.4. The zero-order valence-electron chi connectivity index (χ0n) is 23.4. The summed E-state index contributed by atoms with van der Waals surface area (Å²) >= 11 is 0. The summed E-state index contributed by atoms with van der Waals surface area (Å²) < 4.78 is 0. The Balaban J connectivity index is 0.00000106. The van der Waals surface area contributed by atoms with E-state index in [-0.39, 0.29) is 5.92 Å². The monoisotopic (exact) mass is 508 g/mol. The van der Waals surface area contributed by atoms with Crippen LogP contribution < -0.4 is 5.32 Å². The Hall–Kier alpha value is -2.79. The van der Waals surface area contributed by atoms with Crippen LogP contribution in [0.4, 0.5) is 5.69 Å². The SMILES string of the molecule is C=C/C=C(C)\C(=C/C)C1c2ccc(NC)cc2S(C(C)C)(C(C)C)C2=CC(=NC)C=CC21.CC(=O)O. The number of anilines is 1. The molecule has 0 aromatic heterocycles. The molecule has 1 aliphatic carbocycles. The zero-order chi connectivity index (χ0) is 27.2. The number of carbonyl (C=O) groups is 1. The van der Waals surface area contributed by atoms with Crippen LogP contribution in [0, 0.1) is 5.92 Å². The first-order valence-corrected chi connectivity index (χ1v) is 14.4. The van der Waals surface area contributed by atoms with Crippen LogP contribution in [0.25, 0.3) is 0 Å². The van der Waals surface area contributed by atoms with E-state index in [0.717, 1.165) is 12.6 Å². The van der Waals surface area contributed by atoms with Crippen molar-refractivity contribution in [3.05, 3.63) is 82.8 Å². The standard InChI is InChI=1S/C29H40N2S.C2H4O2/c1-10-12-21(7)24(11-2)29-25-15-13-22(30-8)17-27(25)32(19(3)4,20(5)6)28-18-23(31-9)14-16-26(28)29;1-2(3)4/h10-20,25,29,31H,1H2,2-9H3;1H3,(H,3,4)/b21-12-,24-11+,30-22?;. The van der Waals surface area contributed by atoms with E-state index in [2.05, 4.69) is 107 Å². The maximum atomic E-state index is 9.00. The highest BCUT2D eigenvalue weighted by Crippen LogP contribution is 2.76. The van der Waals surface area contributed by atoms with Gasteiger partial charge in [0.2, 0.25) is 0 Å². The van der Waals surface area contributed by atoms with Gasteiger partial charge >= 0.3 is 0 Å². The van der Waals surface area contributed by atoms with Gasteiger partial charge in [-0.25, -0.2) is 0 Å². The number of benzene rings is 1. The Morgan fingerprint density at radius 2 is 1.81 bits per heavy atom. The summed E-state index contributed by atoms with van der Waals surface area (Å²) in [7, 11) is 2.67. The number of hydrogen-bond donors (Lipinski definition) is 2. The first-order chi connectivity index (χ1) is 17.0. The van der Waals surface area contributed by atoms with Crippen LogP contribution in [-0.2, 0) is 4.79 Å². The number of nitrogens with one attached hydrogen (secondary N) is 1. The van der Waals surface area contributed by atoms with Gasteiger partial charge in [0, 0.05) is 43.4 Å². The molecule has 1 aromatic rings. The van der Waals surface area contributed by atoms with Gasteiger partial charge in [-0.3, -0.25) is 9.79 Å². The molecule has 0 amide bonds. The molecule has 1 aromatic carbocycles. The van der Waals surface area contributed by atoms with E-state index in [4.69, 9.17) is 9.90 Å². The molecule has 0 saturated carbocycles. The molecule has 1 aliphatic heterocycles. The molecule has 2 atom stereocenters. The Bertz CT molecular complexity index is 1120. The summed E-state index contributed by atoms with van der Waals surface area (Å²) in [5.41, 5.74) is 6.43. The number of nitrogens with zero attached hydrogens (tertiary/aromatic N) is 1. The fourth-order valence-electron chi connectivity index (χ4n) is 5.77. The predicted molar refractivity (Wildman–Crippen MR) is 160 cm³/mol. The van der Waals surface area contributed by atoms with E-state index >= 15 is 0 Å². The molecule has 0 spiro atoms. The minimum atomic E-state index is -1.26. The minimum Gasteiger partial charge on any atom is -0.481 e. The van der Waals surface area contributed by atoms with Gasteiger partial charge < -0.3 is 10.4 Å².